The first kappa shape index (κ1) is 15.6. The minimum absolute atomic E-state index is 0. The van der Waals surface area contributed by atoms with Crippen molar-refractivity contribution in [2.45, 2.75) is 18.6 Å². The van der Waals surface area contributed by atoms with E-state index in [9.17, 15) is 9.90 Å². The first-order valence-corrected chi connectivity index (χ1v) is 6.62. The fraction of sp³-hybridized carbons (Fsp3) is 0.385. The number of rotatable bonds is 2. The molecule has 1 aliphatic rings. The summed E-state index contributed by atoms with van der Waals surface area (Å²) in [6.07, 6.45) is 1.87. The van der Waals surface area contributed by atoms with Crippen LogP contribution in [0.15, 0.2) is 24.4 Å². The van der Waals surface area contributed by atoms with Gasteiger partial charge in [-0.3, -0.25) is 5.10 Å². The van der Waals surface area contributed by atoms with Crippen LogP contribution in [0.25, 0.3) is 10.9 Å². The van der Waals surface area contributed by atoms with Crippen LogP contribution in [0, 0.1) is 0 Å². The molecule has 7 nitrogen and oxygen atoms in total. The Morgan fingerprint density at radius 1 is 1.43 bits per heavy atom. The van der Waals surface area contributed by atoms with Gasteiger partial charge in [0.1, 0.15) is 0 Å². The Balaban J connectivity index is 0.00000161. The summed E-state index contributed by atoms with van der Waals surface area (Å²) in [6, 6.07) is 4.92. The van der Waals surface area contributed by atoms with Crippen LogP contribution in [0.3, 0.4) is 0 Å². The van der Waals surface area contributed by atoms with E-state index in [0.29, 0.717) is 18.7 Å². The minimum atomic E-state index is -0.503. The summed E-state index contributed by atoms with van der Waals surface area (Å²) in [7, 11) is 0. The maximum Gasteiger partial charge on any atom is 0.319 e. The highest BCUT2D eigenvalue weighted by Crippen LogP contribution is 2.16. The standard InChI is InChI=1S/C13H17N5O2.ClH/c19-12-3-4-14-7-11(12)17-13(20)16-9-2-1-8-6-15-18-10(8)5-9;/h1-2,5-6,11-12,14,19H,3-4,7H2,(H,15,18)(H2,16,17,20);1H/t11-,12-;/m1./s1. The van der Waals surface area contributed by atoms with Crippen LogP contribution in [0.4, 0.5) is 10.5 Å². The number of aromatic nitrogens is 2. The molecule has 1 aliphatic heterocycles. The van der Waals surface area contributed by atoms with Gasteiger partial charge in [0, 0.05) is 17.6 Å². The predicted octanol–water partition coefficient (Wildman–Crippen LogP) is 0.829. The van der Waals surface area contributed by atoms with Crippen LogP contribution in [-0.4, -0.2) is 46.6 Å². The third-order valence-corrected chi connectivity index (χ3v) is 3.46. The summed E-state index contributed by atoms with van der Waals surface area (Å²) in [5.41, 5.74) is 1.54. The monoisotopic (exact) mass is 311 g/mol. The van der Waals surface area contributed by atoms with Crippen LogP contribution in [-0.2, 0) is 0 Å². The maximum absolute atomic E-state index is 11.9. The molecule has 8 heteroatoms. The van der Waals surface area contributed by atoms with Gasteiger partial charge >= 0.3 is 6.03 Å². The molecule has 21 heavy (non-hydrogen) atoms. The zero-order valence-corrected chi connectivity index (χ0v) is 12.1. The predicted molar refractivity (Wildman–Crippen MR) is 82.8 cm³/mol. The molecule has 0 aliphatic carbocycles. The van der Waals surface area contributed by atoms with Crippen molar-refractivity contribution in [1.29, 1.82) is 0 Å². The summed E-state index contributed by atoms with van der Waals surface area (Å²) >= 11 is 0. The van der Waals surface area contributed by atoms with Crippen LogP contribution >= 0.6 is 12.4 Å². The normalized spacial score (nSPS) is 21.6. The van der Waals surface area contributed by atoms with E-state index in [2.05, 4.69) is 26.1 Å². The Kier molecular flexibility index (Phi) is 5.00. The topological polar surface area (TPSA) is 102 Å². The number of H-pyrrole nitrogens is 1. The Hall–Kier alpha value is -1.83. The van der Waals surface area contributed by atoms with Gasteiger partial charge in [0.15, 0.2) is 0 Å². The number of fused-ring (bicyclic) bond motifs is 1. The molecule has 1 saturated heterocycles. The Morgan fingerprint density at radius 3 is 3.10 bits per heavy atom. The number of amides is 2. The second kappa shape index (κ2) is 6.75. The number of nitrogens with zero attached hydrogens (tertiary/aromatic N) is 1. The van der Waals surface area contributed by atoms with E-state index in [1.54, 1.807) is 6.20 Å². The fourth-order valence-electron chi connectivity index (χ4n) is 2.34. The number of aliphatic hydroxyl groups is 1. The van der Waals surface area contributed by atoms with E-state index in [1.807, 2.05) is 18.2 Å². The number of anilines is 1. The van der Waals surface area contributed by atoms with Crippen LogP contribution in [0.2, 0.25) is 0 Å². The quantitative estimate of drug-likeness (QED) is 0.567. The number of hydrogen-bond acceptors (Lipinski definition) is 4. The molecule has 0 unspecified atom stereocenters. The van der Waals surface area contributed by atoms with Crippen LogP contribution in [0.1, 0.15) is 6.42 Å². The number of piperidine rings is 1. The van der Waals surface area contributed by atoms with Gasteiger partial charge in [-0.1, -0.05) is 0 Å². The summed E-state index contributed by atoms with van der Waals surface area (Å²) in [4.78, 5) is 11.9. The van der Waals surface area contributed by atoms with Crippen molar-refractivity contribution < 1.29 is 9.90 Å². The first-order valence-electron chi connectivity index (χ1n) is 6.62. The average molecular weight is 312 g/mol. The van der Waals surface area contributed by atoms with Gasteiger partial charge in [-0.25, -0.2) is 4.79 Å². The lowest BCUT2D eigenvalue weighted by Crippen LogP contribution is -2.54. The second-order valence-corrected chi connectivity index (χ2v) is 4.94. The summed E-state index contributed by atoms with van der Waals surface area (Å²) < 4.78 is 0. The molecule has 0 saturated carbocycles. The molecular weight excluding hydrogens is 294 g/mol. The molecule has 2 amide bonds. The lowest BCUT2D eigenvalue weighted by molar-refractivity contribution is 0.103. The van der Waals surface area contributed by atoms with Crippen LogP contribution < -0.4 is 16.0 Å². The maximum atomic E-state index is 11.9. The number of carbonyl (C=O) groups is 1. The molecule has 1 fully saturated rings. The van der Waals surface area contributed by atoms with Gasteiger partial charge < -0.3 is 21.1 Å². The summed E-state index contributed by atoms with van der Waals surface area (Å²) in [6.45, 7) is 1.35. The lowest BCUT2D eigenvalue weighted by atomic mass is 10.0. The van der Waals surface area contributed by atoms with Crippen molar-refractivity contribution >= 4 is 35.0 Å². The van der Waals surface area contributed by atoms with Crippen molar-refractivity contribution in [3.05, 3.63) is 24.4 Å². The number of benzene rings is 1. The fourth-order valence-corrected chi connectivity index (χ4v) is 2.34. The zero-order chi connectivity index (χ0) is 13.9. The van der Waals surface area contributed by atoms with Crippen LogP contribution in [0.5, 0.6) is 0 Å². The molecule has 1 aromatic heterocycles. The SMILES string of the molecule is Cl.O=C(Nc1ccc2cn[nH]c2c1)N[C@@H]1CNCC[C@H]1O. The molecule has 5 N–H and O–H groups in total. The molecule has 0 radical (unpaired) electrons. The average Bonchev–Trinajstić information content (AvgIpc) is 2.89. The van der Waals surface area contributed by atoms with Gasteiger partial charge in [-0.05, 0) is 31.2 Å². The zero-order valence-electron chi connectivity index (χ0n) is 11.3. The first-order chi connectivity index (χ1) is 9.72. The molecule has 114 valence electrons. The summed E-state index contributed by atoms with van der Waals surface area (Å²) in [5.74, 6) is 0. The second-order valence-electron chi connectivity index (χ2n) is 4.94. The third kappa shape index (κ3) is 3.63. The highest BCUT2D eigenvalue weighted by molar-refractivity contribution is 5.92. The smallest absolute Gasteiger partial charge is 0.319 e. The highest BCUT2D eigenvalue weighted by Gasteiger charge is 2.24. The molecule has 3 rings (SSSR count). The molecule has 0 bridgehead atoms. The number of aliphatic hydroxyl groups excluding tert-OH is 1. The van der Waals surface area contributed by atoms with Crippen molar-refractivity contribution in [3.63, 3.8) is 0 Å². The van der Waals surface area contributed by atoms with E-state index < -0.39 is 6.10 Å². The number of halogens is 1. The van der Waals surface area contributed by atoms with Crippen molar-refractivity contribution in [2.24, 2.45) is 0 Å². The molecule has 0 spiro atoms. The number of nitrogens with one attached hydrogen (secondary N) is 4. The van der Waals surface area contributed by atoms with E-state index in [-0.39, 0.29) is 24.5 Å². The van der Waals surface area contributed by atoms with Crippen molar-refractivity contribution in [2.75, 3.05) is 18.4 Å². The molecule has 1 aromatic carbocycles. The molecule has 2 aromatic rings. The molecule has 2 heterocycles. The molecular formula is C13H18ClN5O2. The van der Waals surface area contributed by atoms with Gasteiger partial charge in [-0.2, -0.15) is 5.10 Å². The van der Waals surface area contributed by atoms with Gasteiger partial charge in [-0.15, -0.1) is 12.4 Å². The van der Waals surface area contributed by atoms with Crippen molar-refractivity contribution in [3.8, 4) is 0 Å². The van der Waals surface area contributed by atoms with Crippen molar-refractivity contribution in [1.82, 2.24) is 20.8 Å². The Bertz CT molecular complexity index is 617. The van der Waals surface area contributed by atoms with E-state index in [4.69, 9.17) is 0 Å². The largest absolute Gasteiger partial charge is 0.391 e. The minimum Gasteiger partial charge on any atom is -0.391 e. The highest BCUT2D eigenvalue weighted by atomic mass is 35.5. The Morgan fingerprint density at radius 2 is 2.29 bits per heavy atom. The van der Waals surface area contributed by atoms with Gasteiger partial charge in [0.2, 0.25) is 0 Å². The van der Waals surface area contributed by atoms with E-state index in [1.165, 1.54) is 0 Å². The molecule has 2 atom stereocenters. The van der Waals surface area contributed by atoms with E-state index >= 15 is 0 Å². The lowest BCUT2D eigenvalue weighted by Gasteiger charge is -2.29. The number of carbonyl (C=O) groups excluding carboxylic acids is 1. The third-order valence-electron chi connectivity index (χ3n) is 3.46. The van der Waals surface area contributed by atoms with Gasteiger partial charge in [0.05, 0.1) is 23.9 Å². The Labute approximate surface area is 127 Å². The number of aromatic amines is 1. The summed E-state index contributed by atoms with van der Waals surface area (Å²) in [5, 5.41) is 26.2. The van der Waals surface area contributed by atoms with E-state index in [0.717, 1.165) is 17.4 Å². The van der Waals surface area contributed by atoms with Gasteiger partial charge in [0.25, 0.3) is 0 Å². The number of hydrogen-bond donors (Lipinski definition) is 5. The number of urea groups is 1.